The zero-order chi connectivity index (χ0) is 14.6. The van der Waals surface area contributed by atoms with Crippen molar-refractivity contribution >= 4 is 11.8 Å². The predicted molar refractivity (Wildman–Crippen MR) is 81.0 cm³/mol. The lowest BCUT2D eigenvalue weighted by Crippen LogP contribution is -2.27. The van der Waals surface area contributed by atoms with Crippen molar-refractivity contribution in [3.05, 3.63) is 29.8 Å². The number of carbonyl (C=O) groups is 1. The van der Waals surface area contributed by atoms with E-state index in [1.807, 2.05) is 32.9 Å². The monoisotopic (exact) mass is 276 g/mol. The summed E-state index contributed by atoms with van der Waals surface area (Å²) in [4.78, 5) is 11.7. The molecule has 1 aromatic rings. The van der Waals surface area contributed by atoms with E-state index in [2.05, 4.69) is 22.8 Å². The summed E-state index contributed by atoms with van der Waals surface area (Å²) in [6, 6.07) is 8.01. The number of ether oxygens (including phenoxy) is 1. The largest absolute Gasteiger partial charge is 0.444 e. The van der Waals surface area contributed by atoms with Gasteiger partial charge in [0.2, 0.25) is 0 Å². The third kappa shape index (κ3) is 4.85. The van der Waals surface area contributed by atoms with Gasteiger partial charge >= 0.3 is 6.09 Å². The molecule has 1 aliphatic heterocycles. The maximum absolute atomic E-state index is 11.7. The number of amides is 1. The van der Waals surface area contributed by atoms with Gasteiger partial charge in [-0.05, 0) is 70.3 Å². The molecule has 1 atom stereocenters. The second-order valence-electron chi connectivity index (χ2n) is 6.39. The number of nitrogens with one attached hydrogen (secondary N) is 2. The van der Waals surface area contributed by atoms with Crippen LogP contribution in [0, 0.1) is 5.92 Å². The van der Waals surface area contributed by atoms with Crippen LogP contribution >= 0.6 is 0 Å². The Morgan fingerprint density at radius 2 is 2.05 bits per heavy atom. The van der Waals surface area contributed by atoms with Crippen molar-refractivity contribution < 1.29 is 9.53 Å². The Morgan fingerprint density at radius 3 is 2.60 bits per heavy atom. The van der Waals surface area contributed by atoms with Gasteiger partial charge in [-0.1, -0.05) is 12.1 Å². The number of benzene rings is 1. The van der Waals surface area contributed by atoms with Gasteiger partial charge in [0.05, 0.1) is 0 Å². The molecule has 110 valence electrons. The number of hydrogen-bond donors (Lipinski definition) is 2. The number of carbonyl (C=O) groups excluding carboxylic acids is 1. The van der Waals surface area contributed by atoms with Crippen LogP contribution < -0.4 is 10.6 Å². The van der Waals surface area contributed by atoms with Crippen LogP contribution in [0.25, 0.3) is 0 Å². The van der Waals surface area contributed by atoms with Gasteiger partial charge in [0, 0.05) is 5.69 Å². The second-order valence-corrected chi connectivity index (χ2v) is 6.39. The molecule has 0 aliphatic carbocycles. The Hall–Kier alpha value is -1.55. The Balaban J connectivity index is 1.86. The van der Waals surface area contributed by atoms with Crippen LogP contribution in [-0.2, 0) is 11.2 Å². The Kier molecular flexibility index (Phi) is 4.65. The number of anilines is 1. The molecule has 2 N–H and O–H groups in total. The third-order valence-electron chi connectivity index (χ3n) is 3.29. The first-order chi connectivity index (χ1) is 9.42. The van der Waals surface area contributed by atoms with E-state index < -0.39 is 11.7 Å². The zero-order valence-corrected chi connectivity index (χ0v) is 12.5. The first kappa shape index (κ1) is 14.9. The maximum Gasteiger partial charge on any atom is 0.412 e. The van der Waals surface area contributed by atoms with E-state index in [1.165, 1.54) is 12.0 Å². The normalized spacial score (nSPS) is 18.9. The molecule has 20 heavy (non-hydrogen) atoms. The van der Waals surface area contributed by atoms with Crippen molar-refractivity contribution in [2.75, 3.05) is 18.4 Å². The quantitative estimate of drug-likeness (QED) is 0.891. The summed E-state index contributed by atoms with van der Waals surface area (Å²) < 4.78 is 5.22. The van der Waals surface area contributed by atoms with Gasteiger partial charge < -0.3 is 10.1 Å². The maximum atomic E-state index is 11.7. The second kappa shape index (κ2) is 6.27. The summed E-state index contributed by atoms with van der Waals surface area (Å²) in [7, 11) is 0. The molecular weight excluding hydrogens is 252 g/mol. The smallest absolute Gasteiger partial charge is 0.412 e. The van der Waals surface area contributed by atoms with Crippen molar-refractivity contribution in [1.29, 1.82) is 0 Å². The topological polar surface area (TPSA) is 50.4 Å². The van der Waals surface area contributed by atoms with E-state index in [1.54, 1.807) is 0 Å². The van der Waals surface area contributed by atoms with Gasteiger partial charge in [0.1, 0.15) is 5.60 Å². The molecular formula is C16H24N2O2. The molecule has 4 nitrogen and oxygen atoms in total. The van der Waals surface area contributed by atoms with Crippen molar-refractivity contribution in [2.45, 2.75) is 39.2 Å². The number of hydrogen-bond acceptors (Lipinski definition) is 3. The first-order valence-corrected chi connectivity index (χ1v) is 7.22. The lowest BCUT2D eigenvalue weighted by molar-refractivity contribution is 0.0636. The summed E-state index contributed by atoms with van der Waals surface area (Å²) in [6.07, 6.45) is 1.93. The van der Waals surface area contributed by atoms with Crippen LogP contribution in [0.5, 0.6) is 0 Å². The van der Waals surface area contributed by atoms with Gasteiger partial charge in [-0.15, -0.1) is 0 Å². The van der Waals surface area contributed by atoms with E-state index in [9.17, 15) is 4.79 Å². The summed E-state index contributed by atoms with van der Waals surface area (Å²) in [5.41, 5.74) is 1.61. The third-order valence-corrected chi connectivity index (χ3v) is 3.29. The minimum atomic E-state index is -0.473. The van der Waals surface area contributed by atoms with Crippen LogP contribution in [0.4, 0.5) is 10.5 Å². The highest BCUT2D eigenvalue weighted by Crippen LogP contribution is 2.18. The first-order valence-electron chi connectivity index (χ1n) is 7.22. The van der Waals surface area contributed by atoms with E-state index in [0.717, 1.165) is 31.1 Å². The van der Waals surface area contributed by atoms with E-state index in [0.29, 0.717) is 0 Å². The van der Waals surface area contributed by atoms with Gasteiger partial charge in [-0.3, -0.25) is 5.32 Å². The summed E-state index contributed by atoms with van der Waals surface area (Å²) >= 11 is 0. The average Bonchev–Trinajstić information content (AvgIpc) is 2.82. The van der Waals surface area contributed by atoms with Crippen molar-refractivity contribution in [3.63, 3.8) is 0 Å². The van der Waals surface area contributed by atoms with Crippen molar-refractivity contribution in [2.24, 2.45) is 5.92 Å². The lowest BCUT2D eigenvalue weighted by Gasteiger charge is -2.19. The molecule has 0 saturated carbocycles. The molecule has 2 rings (SSSR count). The van der Waals surface area contributed by atoms with Gasteiger partial charge in [-0.25, -0.2) is 4.79 Å². The van der Waals surface area contributed by atoms with Crippen LogP contribution in [0.3, 0.4) is 0 Å². The summed E-state index contributed by atoms with van der Waals surface area (Å²) in [6.45, 7) is 7.79. The minimum Gasteiger partial charge on any atom is -0.444 e. The molecule has 1 aliphatic rings. The highest BCUT2D eigenvalue weighted by Gasteiger charge is 2.17. The highest BCUT2D eigenvalue weighted by atomic mass is 16.6. The standard InChI is InChI=1S/C16H24N2O2/c1-16(2,3)20-15(19)18-14-6-4-12(5-7-14)10-13-8-9-17-11-13/h4-7,13,17H,8-11H2,1-3H3,(H,18,19). The Labute approximate surface area is 120 Å². The summed E-state index contributed by atoms with van der Waals surface area (Å²) in [5.74, 6) is 0.736. The zero-order valence-electron chi connectivity index (χ0n) is 12.5. The van der Waals surface area contributed by atoms with Gasteiger partial charge in [0.15, 0.2) is 0 Å². The fourth-order valence-corrected chi connectivity index (χ4v) is 2.37. The fourth-order valence-electron chi connectivity index (χ4n) is 2.37. The van der Waals surface area contributed by atoms with Crippen LogP contribution in [0.15, 0.2) is 24.3 Å². The molecule has 1 heterocycles. The Morgan fingerprint density at radius 1 is 1.35 bits per heavy atom. The van der Waals surface area contributed by atoms with E-state index in [-0.39, 0.29) is 0 Å². The van der Waals surface area contributed by atoms with Crippen LogP contribution in [0.1, 0.15) is 32.8 Å². The molecule has 1 aromatic carbocycles. The molecule has 0 bridgehead atoms. The molecule has 1 amide bonds. The lowest BCUT2D eigenvalue weighted by atomic mass is 9.99. The van der Waals surface area contributed by atoms with E-state index in [4.69, 9.17) is 4.74 Å². The fraction of sp³-hybridized carbons (Fsp3) is 0.562. The molecule has 1 saturated heterocycles. The molecule has 0 aromatic heterocycles. The molecule has 0 radical (unpaired) electrons. The SMILES string of the molecule is CC(C)(C)OC(=O)Nc1ccc(CC2CCNC2)cc1. The molecule has 0 spiro atoms. The van der Waals surface area contributed by atoms with Crippen LogP contribution in [0.2, 0.25) is 0 Å². The van der Waals surface area contributed by atoms with Crippen LogP contribution in [-0.4, -0.2) is 24.8 Å². The minimum absolute atomic E-state index is 0.412. The molecule has 4 heteroatoms. The predicted octanol–water partition coefficient (Wildman–Crippen LogP) is 3.19. The number of rotatable bonds is 3. The molecule has 1 unspecified atom stereocenters. The molecule has 1 fully saturated rings. The van der Waals surface area contributed by atoms with E-state index >= 15 is 0 Å². The van der Waals surface area contributed by atoms with Gasteiger partial charge in [0.25, 0.3) is 0 Å². The Bertz CT molecular complexity index is 443. The van der Waals surface area contributed by atoms with Crippen molar-refractivity contribution in [1.82, 2.24) is 5.32 Å². The highest BCUT2D eigenvalue weighted by molar-refractivity contribution is 5.84. The van der Waals surface area contributed by atoms with Gasteiger partial charge in [-0.2, -0.15) is 0 Å². The van der Waals surface area contributed by atoms with Crippen molar-refractivity contribution in [3.8, 4) is 0 Å². The average molecular weight is 276 g/mol. The summed E-state index contributed by atoms with van der Waals surface area (Å²) in [5, 5.41) is 6.12.